The lowest BCUT2D eigenvalue weighted by Gasteiger charge is -2.32. The summed E-state index contributed by atoms with van der Waals surface area (Å²) < 4.78 is 10.6. The van der Waals surface area contributed by atoms with Crippen LogP contribution < -0.4 is 25.0 Å². The van der Waals surface area contributed by atoms with Gasteiger partial charge in [-0.25, -0.2) is 4.79 Å². The predicted octanol–water partition coefficient (Wildman–Crippen LogP) is 2.84. The number of carbonyl (C=O) groups excluding carboxylic acids is 1. The highest BCUT2D eigenvalue weighted by molar-refractivity contribution is 5.91. The molecule has 2 amide bonds. The molecule has 0 unspecified atom stereocenters. The smallest absolute Gasteiger partial charge is 0.319 e. The summed E-state index contributed by atoms with van der Waals surface area (Å²) in [5.74, 6) is 2.44. The summed E-state index contributed by atoms with van der Waals surface area (Å²) in [7, 11) is 3.11. The number of anilines is 2. The number of nitrogens with zero attached hydrogens (tertiary/aromatic N) is 3. The number of nitrogens with one attached hydrogen (secondary N) is 2. The molecular formula is C20H27N5O3. The monoisotopic (exact) mass is 385 g/mol. The number of amides is 2. The maximum atomic E-state index is 12.3. The lowest BCUT2D eigenvalue weighted by molar-refractivity contribution is 0.248. The normalized spacial score (nSPS) is 14.5. The Morgan fingerprint density at radius 1 is 1.14 bits per heavy atom. The number of para-hydroxylation sites is 1. The zero-order chi connectivity index (χ0) is 19.9. The van der Waals surface area contributed by atoms with E-state index >= 15 is 0 Å². The standard InChI is InChI=1S/C20H27N5O3/c1-14-7-8-18(24-23-14)25-11-9-15(10-12-25)13-21-20(26)22-16-5-4-6-17(27-2)19(16)28-3/h4-8,15H,9-13H2,1-3H3,(H2,21,22,26). The molecule has 1 aliphatic heterocycles. The molecule has 1 aromatic carbocycles. The molecule has 3 rings (SSSR count). The zero-order valence-corrected chi connectivity index (χ0v) is 16.6. The van der Waals surface area contributed by atoms with E-state index in [9.17, 15) is 4.79 Å². The number of hydrogen-bond donors (Lipinski definition) is 2. The molecule has 8 heteroatoms. The SMILES string of the molecule is COc1cccc(NC(=O)NCC2CCN(c3ccc(C)nn3)CC2)c1OC. The van der Waals surface area contributed by atoms with Crippen molar-refractivity contribution in [2.45, 2.75) is 19.8 Å². The largest absolute Gasteiger partial charge is 0.493 e. The van der Waals surface area contributed by atoms with E-state index in [-0.39, 0.29) is 6.03 Å². The first kappa shape index (κ1) is 19.7. The van der Waals surface area contributed by atoms with Gasteiger partial charge in [0.15, 0.2) is 17.3 Å². The highest BCUT2D eigenvalue weighted by Gasteiger charge is 2.21. The summed E-state index contributed by atoms with van der Waals surface area (Å²) in [6.07, 6.45) is 2.00. The first-order chi connectivity index (χ1) is 13.6. The van der Waals surface area contributed by atoms with Crippen LogP contribution in [-0.4, -0.2) is 50.1 Å². The van der Waals surface area contributed by atoms with Crippen molar-refractivity contribution in [1.82, 2.24) is 15.5 Å². The van der Waals surface area contributed by atoms with E-state index in [1.54, 1.807) is 32.4 Å². The number of methoxy groups -OCH3 is 2. The average molecular weight is 385 g/mol. The summed E-state index contributed by atoms with van der Waals surface area (Å²) in [6.45, 7) is 4.39. The minimum absolute atomic E-state index is 0.251. The highest BCUT2D eigenvalue weighted by Crippen LogP contribution is 2.34. The van der Waals surface area contributed by atoms with Gasteiger partial charge in [-0.15, -0.1) is 5.10 Å². The van der Waals surface area contributed by atoms with Crippen LogP contribution in [0.4, 0.5) is 16.3 Å². The van der Waals surface area contributed by atoms with Crippen molar-refractivity contribution in [2.75, 3.05) is 44.1 Å². The molecule has 0 atom stereocenters. The Hall–Kier alpha value is -3.03. The third-order valence-corrected chi connectivity index (χ3v) is 4.92. The molecule has 1 aromatic heterocycles. The van der Waals surface area contributed by atoms with Crippen LogP contribution in [0.5, 0.6) is 11.5 Å². The van der Waals surface area contributed by atoms with Crippen LogP contribution in [0.3, 0.4) is 0 Å². The van der Waals surface area contributed by atoms with Crippen molar-refractivity contribution in [3.63, 3.8) is 0 Å². The molecule has 150 valence electrons. The quantitative estimate of drug-likeness (QED) is 0.795. The lowest BCUT2D eigenvalue weighted by atomic mass is 9.97. The fourth-order valence-electron chi connectivity index (χ4n) is 3.32. The van der Waals surface area contributed by atoms with Gasteiger partial charge in [0, 0.05) is 19.6 Å². The van der Waals surface area contributed by atoms with E-state index in [2.05, 4.69) is 25.7 Å². The van der Waals surface area contributed by atoms with Gasteiger partial charge in [0.2, 0.25) is 0 Å². The Labute approximate surface area is 165 Å². The van der Waals surface area contributed by atoms with Crippen molar-refractivity contribution in [3.05, 3.63) is 36.0 Å². The number of hydrogen-bond acceptors (Lipinski definition) is 6. The molecule has 2 heterocycles. The first-order valence-corrected chi connectivity index (χ1v) is 9.42. The maximum absolute atomic E-state index is 12.3. The van der Waals surface area contributed by atoms with Crippen molar-refractivity contribution in [3.8, 4) is 11.5 Å². The predicted molar refractivity (Wildman–Crippen MR) is 108 cm³/mol. The van der Waals surface area contributed by atoms with Gasteiger partial charge in [0.25, 0.3) is 0 Å². The van der Waals surface area contributed by atoms with Crippen molar-refractivity contribution < 1.29 is 14.3 Å². The third-order valence-electron chi connectivity index (χ3n) is 4.92. The molecule has 1 aliphatic rings. The van der Waals surface area contributed by atoms with E-state index in [4.69, 9.17) is 9.47 Å². The second kappa shape index (κ2) is 9.25. The zero-order valence-electron chi connectivity index (χ0n) is 16.6. The average Bonchev–Trinajstić information content (AvgIpc) is 2.73. The van der Waals surface area contributed by atoms with Crippen LogP contribution in [-0.2, 0) is 0 Å². The van der Waals surface area contributed by atoms with Crippen LogP contribution in [0, 0.1) is 12.8 Å². The molecule has 2 aromatic rings. The Bertz CT molecular complexity index is 789. The third kappa shape index (κ3) is 4.82. The fourth-order valence-corrected chi connectivity index (χ4v) is 3.32. The first-order valence-electron chi connectivity index (χ1n) is 9.42. The van der Waals surface area contributed by atoms with Gasteiger partial charge in [-0.1, -0.05) is 6.07 Å². The van der Waals surface area contributed by atoms with E-state index in [0.29, 0.717) is 29.6 Å². The Balaban J connectivity index is 1.46. The van der Waals surface area contributed by atoms with Crippen molar-refractivity contribution in [1.29, 1.82) is 0 Å². The molecule has 0 aliphatic carbocycles. The van der Waals surface area contributed by atoms with Crippen molar-refractivity contribution >= 4 is 17.5 Å². The van der Waals surface area contributed by atoms with E-state index < -0.39 is 0 Å². The molecule has 1 saturated heterocycles. The molecule has 0 spiro atoms. The van der Waals surface area contributed by atoms with Gasteiger partial charge in [0.05, 0.1) is 25.6 Å². The second-order valence-corrected chi connectivity index (χ2v) is 6.84. The molecule has 8 nitrogen and oxygen atoms in total. The lowest BCUT2D eigenvalue weighted by Crippen LogP contribution is -2.40. The van der Waals surface area contributed by atoms with Gasteiger partial charge in [-0.3, -0.25) is 0 Å². The van der Waals surface area contributed by atoms with Crippen LogP contribution in [0.2, 0.25) is 0 Å². The number of urea groups is 1. The number of benzene rings is 1. The van der Waals surface area contributed by atoms with Crippen molar-refractivity contribution in [2.24, 2.45) is 5.92 Å². The molecule has 1 fully saturated rings. The number of rotatable bonds is 6. The molecular weight excluding hydrogens is 358 g/mol. The summed E-state index contributed by atoms with van der Waals surface area (Å²) in [5.41, 5.74) is 1.49. The van der Waals surface area contributed by atoms with Crippen LogP contribution >= 0.6 is 0 Å². The Morgan fingerprint density at radius 2 is 1.93 bits per heavy atom. The molecule has 2 N–H and O–H groups in total. The van der Waals surface area contributed by atoms with E-state index in [1.165, 1.54) is 0 Å². The summed E-state index contributed by atoms with van der Waals surface area (Å²) in [4.78, 5) is 14.5. The van der Waals surface area contributed by atoms with Gasteiger partial charge < -0.3 is 25.0 Å². The number of aromatic nitrogens is 2. The number of aryl methyl sites for hydroxylation is 1. The van der Waals surface area contributed by atoms with Gasteiger partial charge in [0.1, 0.15) is 0 Å². The maximum Gasteiger partial charge on any atom is 0.319 e. The summed E-state index contributed by atoms with van der Waals surface area (Å²) in [6, 6.07) is 9.11. The highest BCUT2D eigenvalue weighted by atomic mass is 16.5. The van der Waals surface area contributed by atoms with Crippen LogP contribution in [0.25, 0.3) is 0 Å². The number of piperidine rings is 1. The molecule has 0 saturated carbocycles. The number of carbonyl (C=O) groups is 1. The van der Waals surface area contributed by atoms with E-state index in [1.807, 2.05) is 19.1 Å². The summed E-state index contributed by atoms with van der Waals surface area (Å²) in [5, 5.41) is 14.2. The number of ether oxygens (including phenoxy) is 2. The second-order valence-electron chi connectivity index (χ2n) is 6.84. The van der Waals surface area contributed by atoms with Crippen LogP contribution in [0.15, 0.2) is 30.3 Å². The van der Waals surface area contributed by atoms with Crippen LogP contribution in [0.1, 0.15) is 18.5 Å². The van der Waals surface area contributed by atoms with Gasteiger partial charge in [-0.2, -0.15) is 5.10 Å². The molecule has 28 heavy (non-hydrogen) atoms. The molecule has 0 radical (unpaired) electrons. The van der Waals surface area contributed by atoms with Gasteiger partial charge in [-0.05, 0) is 49.9 Å². The summed E-state index contributed by atoms with van der Waals surface area (Å²) >= 11 is 0. The Morgan fingerprint density at radius 3 is 2.57 bits per heavy atom. The van der Waals surface area contributed by atoms with Gasteiger partial charge >= 0.3 is 6.03 Å². The minimum Gasteiger partial charge on any atom is -0.493 e. The Kier molecular flexibility index (Phi) is 6.52. The van der Waals surface area contributed by atoms with E-state index in [0.717, 1.165) is 37.4 Å². The minimum atomic E-state index is -0.251. The fraction of sp³-hybridized carbons (Fsp3) is 0.450. The topological polar surface area (TPSA) is 88.6 Å². The molecule has 0 bridgehead atoms.